The van der Waals surface area contributed by atoms with E-state index in [1.165, 1.54) is 0 Å². The van der Waals surface area contributed by atoms with Gasteiger partial charge in [0.15, 0.2) is 0 Å². The van der Waals surface area contributed by atoms with Gasteiger partial charge in [-0.25, -0.2) is 0 Å². The summed E-state index contributed by atoms with van der Waals surface area (Å²) in [4.78, 5) is 6.50. The molecule has 1 aliphatic heterocycles. The van der Waals surface area contributed by atoms with Crippen molar-refractivity contribution in [1.82, 2.24) is 4.98 Å². The van der Waals surface area contributed by atoms with Crippen molar-refractivity contribution in [2.75, 3.05) is 36.5 Å². The highest BCUT2D eigenvalue weighted by molar-refractivity contribution is 5.56. The standard InChI is InChI=1S/C14H23N3O2/c1-3-4-16-12-5-13(7-15-6-12)17-8-11(2)19-14(9-17)10-18/h5-7,11,14,16,18H,3-4,8-10H2,1-2H3. The fourth-order valence-corrected chi connectivity index (χ4v) is 2.32. The summed E-state index contributed by atoms with van der Waals surface area (Å²) < 4.78 is 5.65. The summed E-state index contributed by atoms with van der Waals surface area (Å²) >= 11 is 0. The Balaban J connectivity index is 2.07. The predicted molar refractivity (Wildman–Crippen MR) is 76.7 cm³/mol. The number of aromatic nitrogens is 1. The third-order valence-electron chi connectivity index (χ3n) is 3.20. The van der Waals surface area contributed by atoms with Crippen LogP contribution in [0.2, 0.25) is 0 Å². The molecule has 2 heterocycles. The van der Waals surface area contributed by atoms with Crippen molar-refractivity contribution >= 4 is 11.4 Å². The lowest BCUT2D eigenvalue weighted by atomic mass is 10.2. The van der Waals surface area contributed by atoms with Crippen molar-refractivity contribution in [3.63, 3.8) is 0 Å². The third-order valence-corrected chi connectivity index (χ3v) is 3.20. The van der Waals surface area contributed by atoms with Crippen molar-refractivity contribution in [1.29, 1.82) is 0 Å². The van der Waals surface area contributed by atoms with E-state index in [-0.39, 0.29) is 18.8 Å². The van der Waals surface area contributed by atoms with E-state index in [1.807, 2.05) is 19.3 Å². The van der Waals surface area contributed by atoms with E-state index in [0.717, 1.165) is 30.9 Å². The van der Waals surface area contributed by atoms with Crippen LogP contribution in [0.5, 0.6) is 0 Å². The first kappa shape index (κ1) is 14.1. The fraction of sp³-hybridized carbons (Fsp3) is 0.643. The van der Waals surface area contributed by atoms with Crippen LogP contribution in [0.15, 0.2) is 18.5 Å². The van der Waals surface area contributed by atoms with E-state index >= 15 is 0 Å². The van der Waals surface area contributed by atoms with Crippen LogP contribution >= 0.6 is 0 Å². The maximum Gasteiger partial charge on any atom is 0.0984 e. The number of morpholine rings is 1. The number of aliphatic hydroxyl groups is 1. The lowest BCUT2D eigenvalue weighted by Crippen LogP contribution is -2.48. The van der Waals surface area contributed by atoms with E-state index in [1.54, 1.807) is 0 Å². The van der Waals surface area contributed by atoms with Gasteiger partial charge in [0.1, 0.15) is 0 Å². The molecule has 5 nitrogen and oxygen atoms in total. The molecular weight excluding hydrogens is 242 g/mol. The summed E-state index contributed by atoms with van der Waals surface area (Å²) in [5.41, 5.74) is 2.12. The lowest BCUT2D eigenvalue weighted by Gasteiger charge is -2.37. The molecule has 1 aromatic heterocycles. The summed E-state index contributed by atoms with van der Waals surface area (Å²) in [5, 5.41) is 12.6. The molecule has 5 heteroatoms. The van der Waals surface area contributed by atoms with Gasteiger partial charge in [-0.1, -0.05) is 6.92 Å². The number of hydrogen-bond acceptors (Lipinski definition) is 5. The van der Waals surface area contributed by atoms with Gasteiger partial charge in [-0.2, -0.15) is 0 Å². The molecule has 2 N–H and O–H groups in total. The highest BCUT2D eigenvalue weighted by atomic mass is 16.5. The monoisotopic (exact) mass is 265 g/mol. The summed E-state index contributed by atoms with van der Waals surface area (Å²) in [6.45, 7) is 6.71. The van der Waals surface area contributed by atoms with Crippen LogP contribution in [0.3, 0.4) is 0 Å². The summed E-state index contributed by atoms with van der Waals surface area (Å²) in [6.07, 6.45) is 4.80. The van der Waals surface area contributed by atoms with Crippen molar-refractivity contribution in [3.05, 3.63) is 18.5 Å². The molecule has 2 unspecified atom stereocenters. The average Bonchev–Trinajstić information content (AvgIpc) is 2.44. The van der Waals surface area contributed by atoms with Crippen molar-refractivity contribution in [2.24, 2.45) is 0 Å². The molecule has 0 radical (unpaired) electrons. The molecule has 0 bridgehead atoms. The number of ether oxygens (including phenoxy) is 1. The Hall–Kier alpha value is -1.33. The highest BCUT2D eigenvalue weighted by Crippen LogP contribution is 2.22. The minimum absolute atomic E-state index is 0.0576. The molecule has 2 rings (SSSR count). The zero-order valence-corrected chi connectivity index (χ0v) is 11.7. The van der Waals surface area contributed by atoms with Crippen molar-refractivity contribution in [2.45, 2.75) is 32.5 Å². The highest BCUT2D eigenvalue weighted by Gasteiger charge is 2.25. The number of anilines is 2. The van der Waals surface area contributed by atoms with E-state index < -0.39 is 0 Å². The quantitative estimate of drug-likeness (QED) is 0.844. The number of nitrogens with one attached hydrogen (secondary N) is 1. The molecule has 1 saturated heterocycles. The van der Waals surface area contributed by atoms with Gasteiger partial charge in [0.25, 0.3) is 0 Å². The van der Waals surface area contributed by atoms with E-state index in [2.05, 4.69) is 28.2 Å². The van der Waals surface area contributed by atoms with Crippen LogP contribution in [-0.4, -0.2) is 48.5 Å². The maximum atomic E-state index is 9.26. The zero-order valence-electron chi connectivity index (χ0n) is 11.7. The van der Waals surface area contributed by atoms with E-state index in [4.69, 9.17) is 4.74 Å². The Morgan fingerprint density at radius 3 is 3.05 bits per heavy atom. The summed E-state index contributed by atoms with van der Waals surface area (Å²) in [5.74, 6) is 0. The molecule has 1 fully saturated rings. The first-order chi connectivity index (χ1) is 9.22. The molecule has 0 aromatic carbocycles. The van der Waals surface area contributed by atoms with Crippen molar-refractivity contribution in [3.8, 4) is 0 Å². The van der Waals surface area contributed by atoms with E-state index in [0.29, 0.717) is 6.54 Å². The minimum Gasteiger partial charge on any atom is -0.394 e. The van der Waals surface area contributed by atoms with Crippen LogP contribution < -0.4 is 10.2 Å². The summed E-state index contributed by atoms with van der Waals surface area (Å²) in [6, 6.07) is 2.11. The molecule has 0 saturated carbocycles. The zero-order chi connectivity index (χ0) is 13.7. The van der Waals surface area contributed by atoms with Gasteiger partial charge in [0, 0.05) is 19.6 Å². The maximum absolute atomic E-state index is 9.26. The Morgan fingerprint density at radius 2 is 2.32 bits per heavy atom. The van der Waals surface area contributed by atoms with E-state index in [9.17, 15) is 5.11 Å². The molecule has 106 valence electrons. The normalized spacial score (nSPS) is 23.4. The average molecular weight is 265 g/mol. The van der Waals surface area contributed by atoms with Crippen LogP contribution in [-0.2, 0) is 4.74 Å². The van der Waals surface area contributed by atoms with Crippen molar-refractivity contribution < 1.29 is 9.84 Å². The number of hydrogen-bond donors (Lipinski definition) is 2. The van der Waals surface area contributed by atoms with Crippen LogP contribution in [0.4, 0.5) is 11.4 Å². The predicted octanol–water partition coefficient (Wildman–Crippen LogP) is 1.49. The molecule has 2 atom stereocenters. The fourth-order valence-electron chi connectivity index (χ4n) is 2.32. The van der Waals surface area contributed by atoms with Gasteiger partial charge in [0.2, 0.25) is 0 Å². The smallest absolute Gasteiger partial charge is 0.0984 e. The minimum atomic E-state index is -0.115. The topological polar surface area (TPSA) is 57.6 Å². The molecule has 0 spiro atoms. The molecule has 0 aliphatic carbocycles. The number of nitrogens with zero attached hydrogens (tertiary/aromatic N) is 2. The molecule has 19 heavy (non-hydrogen) atoms. The Bertz CT molecular complexity index is 400. The molecular formula is C14H23N3O2. The lowest BCUT2D eigenvalue weighted by molar-refractivity contribution is -0.0421. The van der Waals surface area contributed by atoms with Gasteiger partial charge in [-0.3, -0.25) is 4.98 Å². The Kier molecular flexibility index (Phi) is 4.99. The Morgan fingerprint density at radius 1 is 1.47 bits per heavy atom. The van der Waals surface area contributed by atoms with Gasteiger partial charge < -0.3 is 20.1 Å². The second-order valence-electron chi connectivity index (χ2n) is 5.01. The van der Waals surface area contributed by atoms with Gasteiger partial charge >= 0.3 is 0 Å². The van der Waals surface area contributed by atoms with Crippen LogP contribution in [0.1, 0.15) is 20.3 Å². The van der Waals surface area contributed by atoms with Gasteiger partial charge in [-0.05, 0) is 19.4 Å². The summed E-state index contributed by atoms with van der Waals surface area (Å²) in [7, 11) is 0. The number of rotatable bonds is 5. The SMILES string of the molecule is CCCNc1cncc(N2CC(C)OC(CO)C2)c1. The third kappa shape index (κ3) is 3.81. The van der Waals surface area contributed by atoms with Crippen LogP contribution in [0.25, 0.3) is 0 Å². The Labute approximate surface area is 114 Å². The van der Waals surface area contributed by atoms with Gasteiger partial charge in [0.05, 0.1) is 42.6 Å². The van der Waals surface area contributed by atoms with Crippen LogP contribution in [0, 0.1) is 0 Å². The number of aliphatic hydroxyl groups excluding tert-OH is 1. The van der Waals surface area contributed by atoms with Gasteiger partial charge in [-0.15, -0.1) is 0 Å². The second-order valence-corrected chi connectivity index (χ2v) is 5.01. The molecule has 1 aromatic rings. The second kappa shape index (κ2) is 6.73. The largest absolute Gasteiger partial charge is 0.394 e. The number of pyridine rings is 1. The first-order valence-corrected chi connectivity index (χ1v) is 6.93. The first-order valence-electron chi connectivity index (χ1n) is 6.93. The molecule has 0 amide bonds. The molecule has 1 aliphatic rings.